The van der Waals surface area contributed by atoms with Crippen LogP contribution >= 0.6 is 38.9 Å². The van der Waals surface area contributed by atoms with Crippen LogP contribution < -0.4 is 0 Å². The normalized spacial score (nSPS) is 10.5. The van der Waals surface area contributed by atoms with Crippen LogP contribution in [-0.2, 0) is 6.54 Å². The molecule has 1 amide bonds. The maximum atomic E-state index is 13.7. The second kappa shape index (κ2) is 6.03. The molecule has 0 fully saturated rings. The Morgan fingerprint density at radius 2 is 2.21 bits per heavy atom. The minimum atomic E-state index is -0.601. The van der Waals surface area contributed by atoms with E-state index in [4.69, 9.17) is 11.6 Å². The quantitative estimate of drug-likeness (QED) is 0.783. The topological polar surface area (TPSA) is 20.3 Å². The number of carbonyl (C=O) groups excluding carboxylic acids is 1. The maximum Gasteiger partial charge on any atom is 0.256 e. The highest BCUT2D eigenvalue weighted by molar-refractivity contribution is 9.11. The van der Waals surface area contributed by atoms with Gasteiger partial charge in [-0.2, -0.15) is 0 Å². The van der Waals surface area contributed by atoms with Crippen LogP contribution in [0.5, 0.6) is 0 Å². The third-order valence-electron chi connectivity index (χ3n) is 2.55. The molecule has 0 bridgehead atoms. The molecule has 19 heavy (non-hydrogen) atoms. The van der Waals surface area contributed by atoms with Crippen molar-refractivity contribution in [1.82, 2.24) is 4.90 Å². The van der Waals surface area contributed by atoms with Crippen molar-refractivity contribution < 1.29 is 9.18 Å². The van der Waals surface area contributed by atoms with Crippen LogP contribution in [0.3, 0.4) is 0 Å². The van der Waals surface area contributed by atoms with Crippen LogP contribution in [0.15, 0.2) is 33.4 Å². The number of thiophene rings is 1. The number of benzene rings is 1. The molecule has 1 aromatic carbocycles. The van der Waals surface area contributed by atoms with E-state index in [2.05, 4.69) is 15.9 Å². The number of nitrogens with zero attached hydrogens (tertiary/aromatic N) is 1. The summed E-state index contributed by atoms with van der Waals surface area (Å²) < 4.78 is 14.7. The zero-order chi connectivity index (χ0) is 14.0. The van der Waals surface area contributed by atoms with Crippen molar-refractivity contribution in [2.24, 2.45) is 0 Å². The van der Waals surface area contributed by atoms with E-state index >= 15 is 0 Å². The minimum absolute atomic E-state index is 0.0289. The van der Waals surface area contributed by atoms with Crippen molar-refractivity contribution >= 4 is 44.8 Å². The predicted molar refractivity (Wildman–Crippen MR) is 79.2 cm³/mol. The monoisotopic (exact) mass is 361 g/mol. The number of amides is 1. The van der Waals surface area contributed by atoms with Gasteiger partial charge in [0.25, 0.3) is 5.91 Å². The van der Waals surface area contributed by atoms with Gasteiger partial charge in [-0.3, -0.25) is 4.79 Å². The van der Waals surface area contributed by atoms with Crippen LogP contribution in [0.25, 0.3) is 0 Å². The molecule has 0 saturated heterocycles. The largest absolute Gasteiger partial charge is 0.337 e. The van der Waals surface area contributed by atoms with Gasteiger partial charge in [-0.05, 0) is 51.1 Å². The molecule has 0 N–H and O–H groups in total. The predicted octanol–water partition coefficient (Wildman–Crippen LogP) is 4.58. The summed E-state index contributed by atoms with van der Waals surface area (Å²) in [5, 5.41) is 2.23. The molecule has 0 radical (unpaired) electrons. The molecule has 100 valence electrons. The highest BCUT2D eigenvalue weighted by Gasteiger charge is 2.16. The van der Waals surface area contributed by atoms with Crippen molar-refractivity contribution in [2.75, 3.05) is 7.05 Å². The lowest BCUT2D eigenvalue weighted by atomic mass is 10.2. The van der Waals surface area contributed by atoms with Crippen molar-refractivity contribution in [3.8, 4) is 0 Å². The molecule has 0 aliphatic rings. The van der Waals surface area contributed by atoms with Gasteiger partial charge in [-0.15, -0.1) is 11.3 Å². The summed E-state index contributed by atoms with van der Waals surface area (Å²) in [7, 11) is 1.64. The summed E-state index contributed by atoms with van der Waals surface area (Å²) >= 11 is 10.6. The first kappa shape index (κ1) is 14.5. The van der Waals surface area contributed by atoms with E-state index in [9.17, 15) is 9.18 Å². The van der Waals surface area contributed by atoms with Crippen LogP contribution in [0.4, 0.5) is 4.39 Å². The highest BCUT2D eigenvalue weighted by atomic mass is 79.9. The van der Waals surface area contributed by atoms with Gasteiger partial charge in [0.15, 0.2) is 0 Å². The maximum absolute atomic E-state index is 13.7. The first-order valence-electron chi connectivity index (χ1n) is 5.41. The SMILES string of the molecule is CN(Cc1csc(Br)c1)C(=O)c1ccc(Cl)cc1F. The molecule has 2 rings (SSSR count). The molecule has 0 saturated carbocycles. The van der Waals surface area contributed by atoms with Crippen molar-refractivity contribution in [1.29, 1.82) is 0 Å². The number of carbonyl (C=O) groups is 1. The molecule has 0 spiro atoms. The van der Waals surface area contributed by atoms with E-state index in [-0.39, 0.29) is 16.5 Å². The number of hydrogen-bond acceptors (Lipinski definition) is 2. The van der Waals surface area contributed by atoms with Gasteiger partial charge in [0.2, 0.25) is 0 Å². The van der Waals surface area contributed by atoms with Gasteiger partial charge in [-0.25, -0.2) is 4.39 Å². The summed E-state index contributed by atoms with van der Waals surface area (Å²) in [4.78, 5) is 13.6. The van der Waals surface area contributed by atoms with Gasteiger partial charge < -0.3 is 4.90 Å². The summed E-state index contributed by atoms with van der Waals surface area (Å²) in [6.07, 6.45) is 0. The van der Waals surface area contributed by atoms with Crippen molar-refractivity contribution in [3.05, 3.63) is 55.4 Å². The van der Waals surface area contributed by atoms with E-state index in [1.807, 2.05) is 11.4 Å². The van der Waals surface area contributed by atoms with Gasteiger partial charge in [0, 0.05) is 18.6 Å². The Morgan fingerprint density at radius 1 is 1.47 bits per heavy atom. The van der Waals surface area contributed by atoms with Crippen LogP contribution in [0.2, 0.25) is 5.02 Å². The molecule has 1 aromatic heterocycles. The average Bonchev–Trinajstić information content (AvgIpc) is 2.74. The Kier molecular flexibility index (Phi) is 4.60. The van der Waals surface area contributed by atoms with Gasteiger partial charge in [0.05, 0.1) is 9.35 Å². The van der Waals surface area contributed by atoms with Crippen molar-refractivity contribution in [3.63, 3.8) is 0 Å². The summed E-state index contributed by atoms with van der Waals surface area (Å²) in [6.45, 7) is 0.434. The first-order valence-corrected chi connectivity index (χ1v) is 7.46. The highest BCUT2D eigenvalue weighted by Crippen LogP contribution is 2.22. The molecule has 2 aromatic rings. The lowest BCUT2D eigenvalue weighted by Gasteiger charge is -2.16. The summed E-state index contributed by atoms with van der Waals surface area (Å²) in [6, 6.07) is 5.99. The zero-order valence-corrected chi connectivity index (χ0v) is 13.1. The molecule has 0 aliphatic carbocycles. The third kappa shape index (κ3) is 3.55. The molecule has 0 unspecified atom stereocenters. The van der Waals surface area contributed by atoms with Gasteiger partial charge in [0.1, 0.15) is 5.82 Å². The molecule has 6 heteroatoms. The van der Waals surface area contributed by atoms with E-state index in [1.54, 1.807) is 18.4 Å². The van der Waals surface area contributed by atoms with Crippen LogP contribution in [0.1, 0.15) is 15.9 Å². The lowest BCUT2D eigenvalue weighted by molar-refractivity contribution is 0.0780. The standard InChI is InChI=1S/C13H10BrClFNOS/c1-17(6-8-4-12(14)19-7-8)13(18)10-3-2-9(15)5-11(10)16/h2-5,7H,6H2,1H3. The van der Waals surface area contributed by atoms with Crippen LogP contribution in [-0.4, -0.2) is 17.9 Å². The minimum Gasteiger partial charge on any atom is -0.337 e. The van der Waals surface area contributed by atoms with E-state index < -0.39 is 5.82 Å². The zero-order valence-electron chi connectivity index (χ0n) is 9.99. The average molecular weight is 363 g/mol. The molecule has 0 aliphatic heterocycles. The Bertz CT molecular complexity index is 616. The van der Waals surface area contributed by atoms with E-state index in [0.717, 1.165) is 15.4 Å². The number of hydrogen-bond donors (Lipinski definition) is 0. The van der Waals surface area contributed by atoms with Gasteiger partial charge in [-0.1, -0.05) is 11.6 Å². The third-order valence-corrected chi connectivity index (χ3v) is 4.34. The fourth-order valence-electron chi connectivity index (χ4n) is 1.64. The molecular formula is C13H10BrClFNOS. The smallest absolute Gasteiger partial charge is 0.256 e. The molecule has 1 heterocycles. The fourth-order valence-corrected chi connectivity index (χ4v) is 3.00. The Balaban J connectivity index is 2.14. The number of rotatable bonds is 3. The molecular weight excluding hydrogens is 353 g/mol. The van der Waals surface area contributed by atoms with E-state index in [0.29, 0.717) is 6.54 Å². The Hall–Kier alpha value is -0.910. The second-order valence-corrected chi connectivity index (χ2v) is 6.77. The Labute approximate surface area is 127 Å². The molecule has 0 atom stereocenters. The fraction of sp³-hybridized carbons (Fsp3) is 0.154. The van der Waals surface area contributed by atoms with E-state index in [1.165, 1.54) is 17.0 Å². The lowest BCUT2D eigenvalue weighted by Crippen LogP contribution is -2.26. The molecule has 2 nitrogen and oxygen atoms in total. The van der Waals surface area contributed by atoms with Crippen LogP contribution in [0, 0.1) is 5.82 Å². The summed E-state index contributed by atoms with van der Waals surface area (Å²) in [5.41, 5.74) is 1.03. The first-order chi connectivity index (χ1) is 8.97. The second-order valence-electron chi connectivity index (χ2n) is 4.04. The Morgan fingerprint density at radius 3 is 2.79 bits per heavy atom. The van der Waals surface area contributed by atoms with Crippen molar-refractivity contribution in [2.45, 2.75) is 6.54 Å². The number of halogens is 3. The van der Waals surface area contributed by atoms with Gasteiger partial charge >= 0.3 is 0 Å². The summed E-state index contributed by atoms with van der Waals surface area (Å²) in [5.74, 6) is -0.965.